The minimum atomic E-state index is -0.0197. The summed E-state index contributed by atoms with van der Waals surface area (Å²) in [5.41, 5.74) is 14.5. The molecule has 188 valence electrons. The fourth-order valence-electron chi connectivity index (χ4n) is 10.5. The maximum absolute atomic E-state index is 7.02. The van der Waals surface area contributed by atoms with Crippen molar-refractivity contribution in [3.63, 3.8) is 0 Å². The van der Waals surface area contributed by atoms with Crippen LogP contribution in [0.2, 0.25) is 5.02 Å². The quantitative estimate of drug-likeness (QED) is 0.238. The Morgan fingerprint density at radius 1 is 0.605 bits per heavy atom. The Labute approximate surface area is 231 Å². The summed E-state index contributed by atoms with van der Waals surface area (Å²) in [6, 6.07) is 30.1. The molecule has 0 amide bonds. The van der Waals surface area contributed by atoms with E-state index >= 15 is 0 Å². The van der Waals surface area contributed by atoms with Crippen LogP contribution in [0.3, 0.4) is 0 Å². The van der Waals surface area contributed by atoms with Crippen molar-refractivity contribution in [3.8, 4) is 33.4 Å². The summed E-state index contributed by atoms with van der Waals surface area (Å²) in [4.78, 5) is 0. The van der Waals surface area contributed by atoms with Gasteiger partial charge in [-0.3, -0.25) is 0 Å². The zero-order chi connectivity index (χ0) is 25.4. The molecule has 38 heavy (non-hydrogen) atoms. The van der Waals surface area contributed by atoms with Gasteiger partial charge in [0, 0.05) is 21.4 Å². The molecule has 4 bridgehead atoms. The molecule has 1 heteroatoms. The van der Waals surface area contributed by atoms with Crippen molar-refractivity contribution in [1.82, 2.24) is 0 Å². The molecular formula is C37H33Cl. The Morgan fingerprint density at radius 2 is 1.26 bits per heavy atom. The maximum atomic E-state index is 7.02. The molecule has 0 aliphatic heterocycles. The maximum Gasteiger partial charge on any atom is 0.0487 e. The molecule has 0 heterocycles. The smallest absolute Gasteiger partial charge is 0.0487 e. The second kappa shape index (κ2) is 7.22. The first-order chi connectivity index (χ1) is 18.5. The zero-order valence-electron chi connectivity index (χ0n) is 22.2. The van der Waals surface area contributed by atoms with E-state index in [0.29, 0.717) is 0 Å². The van der Waals surface area contributed by atoms with Gasteiger partial charge < -0.3 is 0 Å². The third-order valence-electron chi connectivity index (χ3n) is 11.5. The minimum absolute atomic E-state index is 0.0197. The van der Waals surface area contributed by atoms with Gasteiger partial charge in [0.15, 0.2) is 0 Å². The van der Waals surface area contributed by atoms with Gasteiger partial charge in [-0.2, -0.15) is 0 Å². The molecule has 10 rings (SSSR count). The molecule has 0 aromatic heterocycles. The fourth-order valence-corrected chi connectivity index (χ4v) is 10.7. The molecule has 4 aromatic carbocycles. The van der Waals surface area contributed by atoms with Gasteiger partial charge in [0.25, 0.3) is 0 Å². The summed E-state index contributed by atoms with van der Waals surface area (Å²) in [6.45, 7) is 4.81. The molecule has 0 radical (unpaired) electrons. The molecule has 4 fully saturated rings. The van der Waals surface area contributed by atoms with Gasteiger partial charge in [0.2, 0.25) is 0 Å². The predicted molar refractivity (Wildman–Crippen MR) is 158 cm³/mol. The molecule has 4 saturated carbocycles. The topological polar surface area (TPSA) is 0 Å². The average Bonchev–Trinajstić information content (AvgIpc) is 3.34. The summed E-state index contributed by atoms with van der Waals surface area (Å²) in [6.07, 6.45) is 7.05. The zero-order valence-corrected chi connectivity index (χ0v) is 23.0. The molecule has 0 N–H and O–H groups in total. The number of hydrogen-bond donors (Lipinski definition) is 0. The first-order valence-electron chi connectivity index (χ1n) is 14.7. The Hall–Kier alpha value is -2.83. The summed E-state index contributed by atoms with van der Waals surface area (Å²) in [5, 5.41) is 0.930. The van der Waals surface area contributed by atoms with Crippen LogP contribution in [-0.4, -0.2) is 0 Å². The van der Waals surface area contributed by atoms with E-state index in [1.54, 1.807) is 5.56 Å². The first-order valence-corrected chi connectivity index (χ1v) is 15.0. The van der Waals surface area contributed by atoms with Crippen LogP contribution in [0.5, 0.6) is 0 Å². The first kappa shape index (κ1) is 22.0. The van der Waals surface area contributed by atoms with Gasteiger partial charge >= 0.3 is 0 Å². The Balaban J connectivity index is 1.30. The highest BCUT2D eigenvalue weighted by atomic mass is 35.5. The van der Waals surface area contributed by atoms with Crippen molar-refractivity contribution in [1.29, 1.82) is 0 Å². The van der Waals surface area contributed by atoms with Crippen LogP contribution in [0.25, 0.3) is 33.4 Å². The van der Waals surface area contributed by atoms with Crippen molar-refractivity contribution < 1.29 is 0 Å². The normalized spacial score (nSPS) is 30.3. The summed E-state index contributed by atoms with van der Waals surface area (Å²) in [7, 11) is 0. The molecule has 0 saturated heterocycles. The Bertz CT molecular complexity index is 1640. The van der Waals surface area contributed by atoms with E-state index in [9.17, 15) is 0 Å². The van der Waals surface area contributed by atoms with Gasteiger partial charge in [-0.1, -0.05) is 92.2 Å². The molecule has 1 spiro atoms. The van der Waals surface area contributed by atoms with Gasteiger partial charge in [-0.25, -0.2) is 0 Å². The Kier molecular flexibility index (Phi) is 4.19. The summed E-state index contributed by atoms with van der Waals surface area (Å²) in [5.74, 6) is 3.37. The number of benzene rings is 4. The van der Waals surface area contributed by atoms with E-state index in [1.165, 1.54) is 82.2 Å². The van der Waals surface area contributed by atoms with E-state index < -0.39 is 0 Å². The van der Waals surface area contributed by atoms with E-state index in [-0.39, 0.29) is 10.8 Å². The van der Waals surface area contributed by atoms with Crippen LogP contribution in [0.1, 0.15) is 68.2 Å². The highest BCUT2D eigenvalue weighted by Gasteiger charge is 2.61. The van der Waals surface area contributed by atoms with Crippen molar-refractivity contribution >= 4 is 11.6 Å². The average molecular weight is 513 g/mol. The predicted octanol–water partition coefficient (Wildman–Crippen LogP) is 10.0. The van der Waals surface area contributed by atoms with Crippen LogP contribution in [0.15, 0.2) is 78.9 Å². The highest BCUT2D eigenvalue weighted by molar-refractivity contribution is 6.34. The minimum Gasteiger partial charge on any atom is -0.0837 e. The van der Waals surface area contributed by atoms with Gasteiger partial charge in [0.1, 0.15) is 0 Å². The highest BCUT2D eigenvalue weighted by Crippen LogP contribution is 2.70. The lowest BCUT2D eigenvalue weighted by Crippen LogP contribution is -2.55. The van der Waals surface area contributed by atoms with E-state index in [0.717, 1.165) is 28.7 Å². The second-order valence-corrected chi connectivity index (χ2v) is 13.9. The third-order valence-corrected chi connectivity index (χ3v) is 11.8. The third kappa shape index (κ3) is 2.50. The van der Waals surface area contributed by atoms with Crippen molar-refractivity contribution in [2.45, 2.75) is 56.8 Å². The Morgan fingerprint density at radius 3 is 2.05 bits per heavy atom. The molecule has 0 atom stereocenters. The van der Waals surface area contributed by atoms with Crippen LogP contribution < -0.4 is 0 Å². The fraction of sp³-hybridized carbons (Fsp3) is 0.351. The summed E-state index contributed by atoms with van der Waals surface area (Å²) < 4.78 is 0. The number of fused-ring (bicyclic) bond motifs is 6. The van der Waals surface area contributed by atoms with E-state index in [2.05, 4.69) is 92.7 Å². The molecule has 6 aliphatic rings. The lowest BCUT2D eigenvalue weighted by Gasteiger charge is -2.61. The van der Waals surface area contributed by atoms with Crippen LogP contribution in [-0.2, 0) is 10.8 Å². The number of hydrogen-bond acceptors (Lipinski definition) is 0. The monoisotopic (exact) mass is 512 g/mol. The molecule has 0 unspecified atom stereocenters. The lowest BCUT2D eigenvalue weighted by molar-refractivity contribution is -0.0399. The largest absolute Gasteiger partial charge is 0.0837 e. The summed E-state index contributed by atoms with van der Waals surface area (Å²) >= 11 is 7.02. The van der Waals surface area contributed by atoms with Gasteiger partial charge in [-0.15, -0.1) is 0 Å². The van der Waals surface area contributed by atoms with Gasteiger partial charge in [0.05, 0.1) is 0 Å². The lowest BCUT2D eigenvalue weighted by atomic mass is 9.43. The van der Waals surface area contributed by atoms with E-state index in [4.69, 9.17) is 11.6 Å². The van der Waals surface area contributed by atoms with Crippen LogP contribution in [0, 0.1) is 23.7 Å². The van der Waals surface area contributed by atoms with Crippen LogP contribution in [0.4, 0.5) is 0 Å². The van der Waals surface area contributed by atoms with Crippen molar-refractivity contribution in [3.05, 3.63) is 106 Å². The molecular weight excluding hydrogens is 480 g/mol. The van der Waals surface area contributed by atoms with Crippen molar-refractivity contribution in [2.24, 2.45) is 23.7 Å². The molecule has 4 aromatic rings. The number of halogens is 1. The van der Waals surface area contributed by atoms with Crippen LogP contribution >= 0.6 is 11.6 Å². The standard InChI is InChI=1S/C37H33Cl/c1-36(2)30-10-4-3-7-27(30)28-9-5-8-26(35(28)36)23-13-14-29-32(20-23)37(31-11-6-12-33(38)34(29)31)24-16-21-15-22(18-24)19-25(37)17-21/h3-14,20-22,24-25H,15-19H2,1-2H3. The second-order valence-electron chi connectivity index (χ2n) is 13.5. The molecule has 6 aliphatic carbocycles. The number of rotatable bonds is 1. The van der Waals surface area contributed by atoms with E-state index in [1.807, 2.05) is 0 Å². The van der Waals surface area contributed by atoms with Gasteiger partial charge in [-0.05, 0) is 118 Å². The molecule has 0 nitrogen and oxygen atoms in total. The SMILES string of the molecule is CC1(C)c2ccccc2-c2cccc(-c3ccc4c(c3)C3(c5cccc(Cl)c5-4)C4CC5CC(C4)CC3C5)c21. The van der Waals surface area contributed by atoms with Crippen molar-refractivity contribution in [2.75, 3.05) is 0 Å².